The van der Waals surface area contributed by atoms with Crippen LogP contribution >= 0.6 is 0 Å². The summed E-state index contributed by atoms with van der Waals surface area (Å²) in [6.07, 6.45) is 3.83. The zero-order valence-electron chi connectivity index (χ0n) is 16.2. The average molecular weight is 390 g/mol. The monoisotopic (exact) mass is 390 g/mol. The van der Waals surface area contributed by atoms with Crippen LogP contribution in [0.1, 0.15) is 39.0 Å². The standard InChI is InChI=1S/C20H27FN4O3/c1-15(26)24-11-13-25(14-12-24)18(27)20(9-5-2-6-10-20)23-19(28)22-17-8-4-3-7-16(17)21/h3-4,7-8H,2,5-6,9-14H2,1H3,(H2,22,23,28). The number of piperazine rings is 1. The second kappa shape index (κ2) is 8.58. The van der Waals surface area contributed by atoms with Crippen molar-refractivity contribution in [3.8, 4) is 0 Å². The third-order valence-corrected chi connectivity index (χ3v) is 5.60. The maximum Gasteiger partial charge on any atom is 0.320 e. The van der Waals surface area contributed by atoms with Gasteiger partial charge in [-0.25, -0.2) is 9.18 Å². The molecule has 152 valence electrons. The molecule has 0 bridgehead atoms. The molecule has 1 aliphatic carbocycles. The van der Waals surface area contributed by atoms with Crippen molar-refractivity contribution in [3.05, 3.63) is 30.1 Å². The van der Waals surface area contributed by atoms with E-state index in [1.54, 1.807) is 21.9 Å². The Morgan fingerprint density at radius 3 is 2.18 bits per heavy atom. The van der Waals surface area contributed by atoms with Crippen LogP contribution < -0.4 is 10.6 Å². The summed E-state index contributed by atoms with van der Waals surface area (Å²) in [7, 11) is 0. The van der Waals surface area contributed by atoms with Gasteiger partial charge in [-0.15, -0.1) is 0 Å². The highest BCUT2D eigenvalue weighted by molar-refractivity contribution is 5.96. The van der Waals surface area contributed by atoms with E-state index in [0.29, 0.717) is 39.0 Å². The van der Waals surface area contributed by atoms with Gasteiger partial charge >= 0.3 is 6.03 Å². The van der Waals surface area contributed by atoms with Gasteiger partial charge in [0.2, 0.25) is 11.8 Å². The smallest absolute Gasteiger partial charge is 0.320 e. The highest BCUT2D eigenvalue weighted by Crippen LogP contribution is 2.31. The fraction of sp³-hybridized carbons (Fsp3) is 0.550. The molecule has 8 heteroatoms. The van der Waals surface area contributed by atoms with Crippen molar-refractivity contribution in [1.29, 1.82) is 0 Å². The summed E-state index contributed by atoms with van der Waals surface area (Å²) in [6.45, 7) is 3.43. The number of carbonyl (C=O) groups is 3. The Balaban J connectivity index is 1.70. The molecule has 2 aliphatic rings. The zero-order valence-corrected chi connectivity index (χ0v) is 16.2. The Kier molecular flexibility index (Phi) is 6.16. The van der Waals surface area contributed by atoms with Gasteiger partial charge in [0.25, 0.3) is 0 Å². The lowest BCUT2D eigenvalue weighted by Crippen LogP contribution is -2.63. The summed E-state index contributed by atoms with van der Waals surface area (Å²) < 4.78 is 13.8. The van der Waals surface area contributed by atoms with E-state index in [2.05, 4.69) is 10.6 Å². The summed E-state index contributed by atoms with van der Waals surface area (Å²) in [5.74, 6) is -0.636. The maximum absolute atomic E-state index is 13.8. The van der Waals surface area contributed by atoms with Gasteiger partial charge in [0, 0.05) is 33.1 Å². The highest BCUT2D eigenvalue weighted by Gasteiger charge is 2.44. The van der Waals surface area contributed by atoms with Gasteiger partial charge in [-0.05, 0) is 25.0 Å². The Morgan fingerprint density at radius 1 is 0.964 bits per heavy atom. The topological polar surface area (TPSA) is 81.8 Å². The number of nitrogens with one attached hydrogen (secondary N) is 2. The number of benzene rings is 1. The predicted molar refractivity (Wildman–Crippen MR) is 103 cm³/mol. The van der Waals surface area contributed by atoms with Crippen LogP contribution in [0.15, 0.2) is 24.3 Å². The molecular formula is C20H27FN4O3. The number of urea groups is 1. The molecule has 1 aromatic carbocycles. The number of anilines is 1. The quantitative estimate of drug-likeness (QED) is 0.831. The fourth-order valence-electron chi connectivity index (χ4n) is 4.01. The Morgan fingerprint density at radius 2 is 1.57 bits per heavy atom. The first-order chi connectivity index (χ1) is 13.4. The number of nitrogens with zero attached hydrogens (tertiary/aromatic N) is 2. The molecule has 28 heavy (non-hydrogen) atoms. The molecule has 0 radical (unpaired) electrons. The normalized spacial score (nSPS) is 19.1. The molecule has 3 rings (SSSR count). The van der Waals surface area contributed by atoms with Crippen LogP contribution in [-0.4, -0.2) is 59.4 Å². The van der Waals surface area contributed by atoms with E-state index in [1.165, 1.54) is 19.1 Å². The number of carbonyl (C=O) groups excluding carboxylic acids is 3. The van der Waals surface area contributed by atoms with Crippen molar-refractivity contribution in [1.82, 2.24) is 15.1 Å². The molecular weight excluding hydrogens is 363 g/mol. The predicted octanol–water partition coefficient (Wildman–Crippen LogP) is 2.34. The van der Waals surface area contributed by atoms with Crippen LogP contribution in [0.4, 0.5) is 14.9 Å². The third-order valence-electron chi connectivity index (χ3n) is 5.60. The molecule has 2 N–H and O–H groups in total. The van der Waals surface area contributed by atoms with Crippen LogP contribution in [0.5, 0.6) is 0 Å². The van der Waals surface area contributed by atoms with Crippen LogP contribution in [0.25, 0.3) is 0 Å². The van der Waals surface area contributed by atoms with Crippen molar-refractivity contribution in [3.63, 3.8) is 0 Å². The SMILES string of the molecule is CC(=O)N1CCN(C(=O)C2(NC(=O)Nc3ccccc3F)CCCCC2)CC1. The van der Waals surface area contributed by atoms with E-state index in [-0.39, 0.29) is 17.5 Å². The first kappa shape index (κ1) is 20.1. The van der Waals surface area contributed by atoms with Gasteiger partial charge in [0.1, 0.15) is 11.4 Å². The van der Waals surface area contributed by atoms with E-state index in [1.807, 2.05) is 0 Å². The Labute approximate surface area is 164 Å². The highest BCUT2D eigenvalue weighted by atomic mass is 19.1. The average Bonchev–Trinajstić information content (AvgIpc) is 2.70. The fourth-order valence-corrected chi connectivity index (χ4v) is 4.01. The molecule has 1 saturated carbocycles. The summed E-state index contributed by atoms with van der Waals surface area (Å²) in [5.41, 5.74) is -0.903. The van der Waals surface area contributed by atoms with Crippen molar-refractivity contribution >= 4 is 23.5 Å². The molecule has 2 fully saturated rings. The van der Waals surface area contributed by atoms with Crippen molar-refractivity contribution in [2.24, 2.45) is 0 Å². The van der Waals surface area contributed by atoms with Gasteiger partial charge in [-0.1, -0.05) is 31.4 Å². The zero-order chi connectivity index (χ0) is 20.1. The molecule has 0 atom stereocenters. The second-order valence-corrected chi connectivity index (χ2v) is 7.50. The largest absolute Gasteiger partial charge is 0.339 e. The first-order valence-electron chi connectivity index (χ1n) is 9.80. The van der Waals surface area contributed by atoms with Crippen LogP contribution in [0.2, 0.25) is 0 Å². The molecule has 1 saturated heterocycles. The number of para-hydroxylation sites is 1. The summed E-state index contributed by atoms with van der Waals surface area (Å²) in [4.78, 5) is 40.8. The molecule has 1 aliphatic heterocycles. The lowest BCUT2D eigenvalue weighted by atomic mass is 9.80. The number of halogens is 1. The minimum absolute atomic E-state index is 0.00173. The lowest BCUT2D eigenvalue weighted by molar-refractivity contribution is -0.144. The Hall–Kier alpha value is -2.64. The van der Waals surface area contributed by atoms with Crippen molar-refractivity contribution in [2.75, 3.05) is 31.5 Å². The van der Waals surface area contributed by atoms with Crippen LogP contribution in [-0.2, 0) is 9.59 Å². The van der Waals surface area contributed by atoms with Crippen molar-refractivity contribution < 1.29 is 18.8 Å². The van der Waals surface area contributed by atoms with Gasteiger partial charge in [0.15, 0.2) is 0 Å². The van der Waals surface area contributed by atoms with Crippen LogP contribution in [0, 0.1) is 5.82 Å². The molecule has 7 nitrogen and oxygen atoms in total. The lowest BCUT2D eigenvalue weighted by Gasteiger charge is -2.43. The number of hydrogen-bond donors (Lipinski definition) is 2. The van der Waals surface area contributed by atoms with Crippen LogP contribution in [0.3, 0.4) is 0 Å². The molecule has 0 spiro atoms. The molecule has 0 unspecified atom stereocenters. The third kappa shape index (κ3) is 4.43. The first-order valence-corrected chi connectivity index (χ1v) is 9.80. The van der Waals surface area contributed by atoms with Crippen molar-refractivity contribution in [2.45, 2.75) is 44.6 Å². The summed E-state index contributed by atoms with van der Waals surface area (Å²) >= 11 is 0. The van der Waals surface area contributed by atoms with E-state index in [0.717, 1.165) is 19.3 Å². The second-order valence-electron chi connectivity index (χ2n) is 7.50. The van der Waals surface area contributed by atoms with E-state index < -0.39 is 17.4 Å². The molecule has 1 aromatic rings. The minimum Gasteiger partial charge on any atom is -0.339 e. The van der Waals surface area contributed by atoms with E-state index >= 15 is 0 Å². The number of amides is 4. The summed E-state index contributed by atoms with van der Waals surface area (Å²) in [5, 5.41) is 5.36. The maximum atomic E-state index is 13.8. The summed E-state index contributed by atoms with van der Waals surface area (Å²) in [6, 6.07) is 5.35. The molecule has 4 amide bonds. The van der Waals surface area contributed by atoms with E-state index in [4.69, 9.17) is 0 Å². The van der Waals surface area contributed by atoms with Gasteiger partial charge in [-0.3, -0.25) is 9.59 Å². The molecule has 0 aromatic heterocycles. The van der Waals surface area contributed by atoms with Gasteiger partial charge < -0.3 is 20.4 Å². The van der Waals surface area contributed by atoms with E-state index in [9.17, 15) is 18.8 Å². The molecule has 1 heterocycles. The van der Waals surface area contributed by atoms with Gasteiger partial charge in [-0.2, -0.15) is 0 Å². The minimum atomic E-state index is -0.980. The van der Waals surface area contributed by atoms with Gasteiger partial charge in [0.05, 0.1) is 5.69 Å². The number of rotatable bonds is 3. The number of hydrogen-bond acceptors (Lipinski definition) is 3. The Bertz CT molecular complexity index is 741.